The van der Waals surface area contributed by atoms with Gasteiger partial charge in [0.05, 0.1) is 18.8 Å². The van der Waals surface area contributed by atoms with Gasteiger partial charge in [0, 0.05) is 4.47 Å². The van der Waals surface area contributed by atoms with Crippen LogP contribution in [0.25, 0.3) is 11.6 Å². The Labute approximate surface area is 251 Å². The summed E-state index contributed by atoms with van der Waals surface area (Å²) in [6.07, 6.45) is 21.7. The quantitative estimate of drug-likeness (QED) is 0.0768. The first kappa shape index (κ1) is 33.9. The standard InChI is InChI=1S/C35H51BrO4/c1-3-5-7-9-11-13-15-17-24-39-33-23-22-29(26-32(35(37)38)30-20-19-21-31(36)28-30)27-34(33)40-25-18-16-14-12-10-8-6-4-2/h19-23,26-28H,3-18,24-25H2,1-2H3,(H,37,38)/b32-26+. The largest absolute Gasteiger partial charge is 0.490 e. The Kier molecular flexibility index (Phi) is 18.2. The number of ether oxygens (including phenoxy) is 2. The van der Waals surface area contributed by atoms with Crippen LogP contribution >= 0.6 is 15.9 Å². The van der Waals surface area contributed by atoms with Gasteiger partial charge in [-0.25, -0.2) is 4.79 Å². The highest BCUT2D eigenvalue weighted by Crippen LogP contribution is 2.31. The number of carboxylic acids is 1. The number of hydrogen-bond acceptors (Lipinski definition) is 3. The van der Waals surface area contributed by atoms with Gasteiger partial charge in [-0.3, -0.25) is 0 Å². The number of halogens is 1. The molecule has 0 heterocycles. The maximum Gasteiger partial charge on any atom is 0.336 e. The van der Waals surface area contributed by atoms with Crippen molar-refractivity contribution < 1.29 is 19.4 Å². The van der Waals surface area contributed by atoms with Crippen molar-refractivity contribution in [3.05, 3.63) is 58.1 Å². The summed E-state index contributed by atoms with van der Waals surface area (Å²) in [7, 11) is 0. The van der Waals surface area contributed by atoms with Gasteiger partial charge < -0.3 is 14.6 Å². The van der Waals surface area contributed by atoms with Crippen LogP contribution in [0.2, 0.25) is 0 Å². The molecule has 2 aromatic rings. The van der Waals surface area contributed by atoms with Gasteiger partial charge in [0.1, 0.15) is 0 Å². The van der Waals surface area contributed by atoms with Crippen molar-refractivity contribution in [1.82, 2.24) is 0 Å². The summed E-state index contributed by atoms with van der Waals surface area (Å²) >= 11 is 3.44. The second kappa shape index (κ2) is 21.5. The number of aliphatic carboxylic acids is 1. The van der Waals surface area contributed by atoms with Crippen LogP contribution in [-0.4, -0.2) is 24.3 Å². The van der Waals surface area contributed by atoms with Crippen molar-refractivity contribution in [2.24, 2.45) is 0 Å². The predicted octanol–water partition coefficient (Wildman–Crippen LogP) is 11.1. The maximum absolute atomic E-state index is 12.1. The first-order valence-electron chi connectivity index (χ1n) is 15.7. The second-order valence-corrected chi connectivity index (χ2v) is 11.6. The minimum atomic E-state index is -0.963. The highest BCUT2D eigenvalue weighted by atomic mass is 79.9. The fourth-order valence-corrected chi connectivity index (χ4v) is 5.17. The van der Waals surface area contributed by atoms with Gasteiger partial charge in [-0.1, -0.05) is 138 Å². The zero-order chi connectivity index (χ0) is 28.8. The van der Waals surface area contributed by atoms with Crippen LogP contribution in [0.3, 0.4) is 0 Å². The van der Waals surface area contributed by atoms with Gasteiger partial charge in [-0.05, 0) is 54.3 Å². The van der Waals surface area contributed by atoms with E-state index in [1.165, 1.54) is 83.5 Å². The highest BCUT2D eigenvalue weighted by Gasteiger charge is 2.13. The number of rotatable bonds is 23. The number of unbranched alkanes of at least 4 members (excludes halogenated alkanes) is 14. The third-order valence-electron chi connectivity index (χ3n) is 7.16. The van der Waals surface area contributed by atoms with Gasteiger partial charge in [0.25, 0.3) is 0 Å². The maximum atomic E-state index is 12.1. The summed E-state index contributed by atoms with van der Waals surface area (Å²) in [4.78, 5) is 12.1. The molecular formula is C35H51BrO4. The van der Waals surface area contributed by atoms with Crippen LogP contribution in [0.4, 0.5) is 0 Å². The lowest BCUT2D eigenvalue weighted by Gasteiger charge is -2.14. The van der Waals surface area contributed by atoms with E-state index in [-0.39, 0.29) is 5.57 Å². The van der Waals surface area contributed by atoms with E-state index in [2.05, 4.69) is 29.8 Å². The van der Waals surface area contributed by atoms with Gasteiger partial charge in [0.2, 0.25) is 0 Å². The Hall–Kier alpha value is -2.27. The molecule has 0 saturated heterocycles. The first-order chi connectivity index (χ1) is 19.5. The minimum Gasteiger partial charge on any atom is -0.490 e. The zero-order valence-electron chi connectivity index (χ0n) is 24.9. The van der Waals surface area contributed by atoms with E-state index in [9.17, 15) is 9.90 Å². The molecule has 0 aliphatic carbocycles. The first-order valence-corrected chi connectivity index (χ1v) is 16.4. The monoisotopic (exact) mass is 614 g/mol. The van der Waals surface area contributed by atoms with E-state index in [1.807, 2.05) is 42.5 Å². The molecule has 0 spiro atoms. The fourth-order valence-electron chi connectivity index (χ4n) is 4.77. The van der Waals surface area contributed by atoms with Crippen molar-refractivity contribution in [1.29, 1.82) is 0 Å². The Morgan fingerprint density at radius 2 is 1.23 bits per heavy atom. The molecular weight excluding hydrogens is 564 g/mol. The Morgan fingerprint density at radius 3 is 1.75 bits per heavy atom. The van der Waals surface area contributed by atoms with Crippen molar-refractivity contribution in [2.75, 3.05) is 13.2 Å². The Bertz CT molecular complexity index is 1000. The van der Waals surface area contributed by atoms with Crippen LogP contribution in [0.1, 0.15) is 128 Å². The lowest BCUT2D eigenvalue weighted by molar-refractivity contribution is -0.130. The molecule has 1 N–H and O–H groups in total. The normalized spacial score (nSPS) is 11.5. The van der Waals surface area contributed by atoms with Gasteiger partial charge in [-0.15, -0.1) is 0 Å². The molecule has 0 bridgehead atoms. The van der Waals surface area contributed by atoms with E-state index in [0.29, 0.717) is 24.5 Å². The van der Waals surface area contributed by atoms with Crippen molar-refractivity contribution in [2.45, 2.75) is 117 Å². The third-order valence-corrected chi connectivity index (χ3v) is 7.65. The average molecular weight is 616 g/mol. The molecule has 0 aliphatic rings. The molecule has 0 aromatic heterocycles. The lowest BCUT2D eigenvalue weighted by Crippen LogP contribution is -2.03. The fraction of sp³-hybridized carbons (Fsp3) is 0.571. The van der Waals surface area contributed by atoms with Crippen LogP contribution < -0.4 is 9.47 Å². The minimum absolute atomic E-state index is 0.239. The molecule has 0 radical (unpaired) electrons. The summed E-state index contributed by atoms with van der Waals surface area (Å²) in [5.74, 6) is 0.462. The van der Waals surface area contributed by atoms with Crippen LogP contribution in [0, 0.1) is 0 Å². The number of benzene rings is 2. The smallest absolute Gasteiger partial charge is 0.336 e. The zero-order valence-corrected chi connectivity index (χ0v) is 26.5. The number of carboxylic acid groups (broad SMARTS) is 1. The molecule has 40 heavy (non-hydrogen) atoms. The molecule has 0 atom stereocenters. The number of hydrogen-bond donors (Lipinski definition) is 1. The van der Waals surface area contributed by atoms with Crippen molar-refractivity contribution >= 4 is 33.5 Å². The summed E-state index contributed by atoms with van der Waals surface area (Å²) in [5.41, 5.74) is 1.67. The molecule has 222 valence electrons. The predicted molar refractivity (Wildman–Crippen MR) is 172 cm³/mol. The van der Waals surface area contributed by atoms with Gasteiger partial charge in [0.15, 0.2) is 11.5 Å². The summed E-state index contributed by atoms with van der Waals surface area (Å²) in [6.45, 7) is 5.80. The van der Waals surface area contributed by atoms with Crippen molar-refractivity contribution in [3.63, 3.8) is 0 Å². The SMILES string of the molecule is CCCCCCCCCCOc1ccc(/C=C(/C(=O)O)c2cccc(Br)c2)cc1OCCCCCCCCCC. The molecule has 2 aromatic carbocycles. The van der Waals surface area contributed by atoms with Crippen molar-refractivity contribution in [3.8, 4) is 11.5 Å². The average Bonchev–Trinajstić information content (AvgIpc) is 2.94. The van der Waals surface area contributed by atoms with Crippen LogP contribution in [0.15, 0.2) is 46.9 Å². The van der Waals surface area contributed by atoms with Gasteiger partial charge in [-0.2, -0.15) is 0 Å². The Balaban J connectivity index is 2.00. The van der Waals surface area contributed by atoms with Gasteiger partial charge >= 0.3 is 5.97 Å². The Morgan fingerprint density at radius 1 is 0.700 bits per heavy atom. The third kappa shape index (κ3) is 14.4. The summed E-state index contributed by atoms with van der Waals surface area (Å²) in [5, 5.41) is 9.90. The molecule has 0 fully saturated rings. The van der Waals surface area contributed by atoms with E-state index in [1.54, 1.807) is 6.08 Å². The highest BCUT2D eigenvalue weighted by molar-refractivity contribution is 9.10. The molecule has 0 aliphatic heterocycles. The van der Waals surface area contributed by atoms with Crippen LogP contribution in [0.5, 0.6) is 11.5 Å². The molecule has 0 unspecified atom stereocenters. The van der Waals surface area contributed by atoms with E-state index < -0.39 is 5.97 Å². The lowest BCUT2D eigenvalue weighted by atomic mass is 10.0. The molecule has 0 amide bonds. The molecule has 0 saturated carbocycles. The van der Waals surface area contributed by atoms with E-state index in [4.69, 9.17) is 9.47 Å². The van der Waals surface area contributed by atoms with E-state index in [0.717, 1.165) is 35.0 Å². The second-order valence-electron chi connectivity index (χ2n) is 10.7. The molecule has 2 rings (SSSR count). The number of carbonyl (C=O) groups is 1. The summed E-state index contributed by atoms with van der Waals surface area (Å²) in [6, 6.07) is 13.1. The topological polar surface area (TPSA) is 55.8 Å². The molecule has 5 heteroatoms. The summed E-state index contributed by atoms with van der Waals surface area (Å²) < 4.78 is 13.2. The van der Waals surface area contributed by atoms with Crippen LogP contribution in [-0.2, 0) is 4.79 Å². The van der Waals surface area contributed by atoms with E-state index >= 15 is 0 Å². The molecule has 4 nitrogen and oxygen atoms in total.